The van der Waals surface area contributed by atoms with Gasteiger partial charge in [-0.25, -0.2) is 9.67 Å². The first kappa shape index (κ1) is 17.9. The van der Waals surface area contributed by atoms with Gasteiger partial charge in [0.2, 0.25) is 0 Å². The van der Waals surface area contributed by atoms with E-state index >= 15 is 0 Å². The Balaban J connectivity index is 1.59. The van der Waals surface area contributed by atoms with Gasteiger partial charge in [-0.1, -0.05) is 23.7 Å². The summed E-state index contributed by atoms with van der Waals surface area (Å²) in [5.41, 5.74) is 3.34. The molecule has 1 atom stereocenters. The van der Waals surface area contributed by atoms with E-state index in [2.05, 4.69) is 15.4 Å². The van der Waals surface area contributed by atoms with E-state index in [9.17, 15) is 4.79 Å². The first-order valence-corrected chi connectivity index (χ1v) is 9.56. The Morgan fingerprint density at radius 1 is 1.33 bits per heavy atom. The number of halogens is 1. The van der Waals surface area contributed by atoms with E-state index < -0.39 is 0 Å². The van der Waals surface area contributed by atoms with Crippen molar-refractivity contribution < 1.29 is 4.79 Å². The molecule has 3 heterocycles. The first-order chi connectivity index (χ1) is 13.1. The number of piperazine rings is 1. The Morgan fingerprint density at radius 3 is 2.85 bits per heavy atom. The second-order valence-electron chi connectivity index (χ2n) is 6.80. The largest absolute Gasteiger partial charge is 0.335 e. The van der Waals surface area contributed by atoms with Crippen molar-refractivity contribution in [2.24, 2.45) is 0 Å². The Bertz CT molecular complexity index is 982. The number of nitrogens with one attached hydrogen (secondary N) is 1. The molecule has 7 heteroatoms. The maximum absolute atomic E-state index is 13.2. The molecule has 1 amide bonds. The molecule has 1 N–H and O–H groups in total. The van der Waals surface area contributed by atoms with E-state index in [1.54, 1.807) is 6.20 Å². The average molecular weight is 384 g/mol. The fourth-order valence-corrected chi connectivity index (χ4v) is 3.69. The van der Waals surface area contributed by atoms with Gasteiger partial charge in [0.15, 0.2) is 5.65 Å². The third-order valence-corrected chi connectivity index (χ3v) is 5.32. The van der Waals surface area contributed by atoms with E-state index in [0.717, 1.165) is 35.4 Å². The lowest BCUT2D eigenvalue weighted by Crippen LogP contribution is -2.48. The minimum atomic E-state index is 0.0200. The van der Waals surface area contributed by atoms with E-state index in [1.807, 2.05) is 53.8 Å². The molecule has 1 saturated heterocycles. The van der Waals surface area contributed by atoms with Crippen LogP contribution in [0.1, 0.15) is 34.6 Å². The molecule has 27 heavy (non-hydrogen) atoms. The lowest BCUT2D eigenvalue weighted by molar-refractivity contribution is 0.0702. The molecule has 0 spiro atoms. The topological polar surface area (TPSA) is 63.1 Å². The van der Waals surface area contributed by atoms with Crippen molar-refractivity contribution in [2.45, 2.75) is 26.4 Å². The van der Waals surface area contributed by atoms with Crippen molar-refractivity contribution in [1.29, 1.82) is 0 Å². The summed E-state index contributed by atoms with van der Waals surface area (Å²) in [6, 6.07) is 9.79. The molecule has 1 fully saturated rings. The molecular weight excluding hydrogens is 362 g/mol. The van der Waals surface area contributed by atoms with Crippen LogP contribution in [0.15, 0.2) is 36.5 Å². The third-order valence-electron chi connectivity index (χ3n) is 5.07. The number of nitrogens with zero attached hydrogens (tertiary/aromatic N) is 4. The van der Waals surface area contributed by atoms with Gasteiger partial charge in [0.25, 0.3) is 5.91 Å². The van der Waals surface area contributed by atoms with E-state index in [-0.39, 0.29) is 11.9 Å². The molecule has 0 radical (unpaired) electrons. The van der Waals surface area contributed by atoms with Gasteiger partial charge in [-0.2, -0.15) is 5.10 Å². The van der Waals surface area contributed by atoms with Crippen LogP contribution in [0.2, 0.25) is 5.02 Å². The van der Waals surface area contributed by atoms with Crippen LogP contribution in [0.3, 0.4) is 0 Å². The predicted octanol–water partition coefficient (Wildman–Crippen LogP) is 3.20. The van der Waals surface area contributed by atoms with Crippen LogP contribution < -0.4 is 5.32 Å². The molecule has 1 aliphatic heterocycles. The Morgan fingerprint density at radius 2 is 2.11 bits per heavy atom. The van der Waals surface area contributed by atoms with Gasteiger partial charge in [0.05, 0.1) is 17.5 Å². The Kier molecular flexibility index (Phi) is 4.85. The van der Waals surface area contributed by atoms with E-state index in [0.29, 0.717) is 23.7 Å². The summed E-state index contributed by atoms with van der Waals surface area (Å²) in [4.78, 5) is 19.7. The number of hydrogen-bond acceptors (Lipinski definition) is 4. The fraction of sp³-hybridized carbons (Fsp3) is 0.350. The van der Waals surface area contributed by atoms with Crippen molar-refractivity contribution in [3.05, 3.63) is 58.4 Å². The summed E-state index contributed by atoms with van der Waals surface area (Å²) in [5.74, 6) is 0.0200. The first-order valence-electron chi connectivity index (χ1n) is 9.18. The molecule has 3 aromatic rings. The second-order valence-corrected chi connectivity index (χ2v) is 7.24. The molecule has 2 aromatic heterocycles. The van der Waals surface area contributed by atoms with Crippen LogP contribution in [-0.2, 0) is 6.54 Å². The van der Waals surface area contributed by atoms with Gasteiger partial charge in [-0.05, 0) is 37.6 Å². The summed E-state index contributed by atoms with van der Waals surface area (Å²) in [5, 5.41) is 9.43. The number of aromatic nitrogens is 3. The maximum atomic E-state index is 13.2. The lowest BCUT2D eigenvalue weighted by atomic mass is 10.0. The van der Waals surface area contributed by atoms with Gasteiger partial charge >= 0.3 is 0 Å². The SMILES string of the molecule is CCn1ncc2cc(C(=O)N3CCNC(c4ccc(Cl)cc4)C3)c(C)nc21. The molecule has 0 bridgehead atoms. The molecule has 140 valence electrons. The van der Waals surface area contributed by atoms with Crippen LogP contribution in [0, 0.1) is 6.92 Å². The standard InChI is InChI=1S/C20H22ClN5O/c1-3-26-19-15(11-23-26)10-17(13(2)24-19)20(27)25-9-8-22-18(12-25)14-4-6-16(21)7-5-14/h4-7,10-11,18,22H,3,8-9,12H2,1-2H3. The smallest absolute Gasteiger partial charge is 0.255 e. The number of aryl methyl sites for hydroxylation is 2. The normalized spacial score (nSPS) is 17.4. The highest BCUT2D eigenvalue weighted by molar-refractivity contribution is 6.30. The zero-order valence-electron chi connectivity index (χ0n) is 15.4. The monoisotopic (exact) mass is 383 g/mol. The summed E-state index contributed by atoms with van der Waals surface area (Å²) >= 11 is 5.99. The molecular formula is C20H22ClN5O. The van der Waals surface area contributed by atoms with E-state index in [1.165, 1.54) is 0 Å². The number of rotatable bonds is 3. The van der Waals surface area contributed by atoms with Gasteiger partial charge < -0.3 is 10.2 Å². The Hall–Kier alpha value is -2.44. The van der Waals surface area contributed by atoms with Crippen LogP contribution in [0.5, 0.6) is 0 Å². The number of benzene rings is 1. The summed E-state index contributed by atoms with van der Waals surface area (Å²) < 4.78 is 1.85. The average Bonchev–Trinajstić information content (AvgIpc) is 3.09. The zero-order chi connectivity index (χ0) is 19.0. The summed E-state index contributed by atoms with van der Waals surface area (Å²) in [6.07, 6.45) is 1.77. The molecule has 6 nitrogen and oxygen atoms in total. The van der Waals surface area contributed by atoms with Crippen molar-refractivity contribution in [3.63, 3.8) is 0 Å². The summed E-state index contributed by atoms with van der Waals surface area (Å²) in [6.45, 7) is 6.71. The summed E-state index contributed by atoms with van der Waals surface area (Å²) in [7, 11) is 0. The predicted molar refractivity (Wildman–Crippen MR) is 106 cm³/mol. The second kappa shape index (κ2) is 7.29. The highest BCUT2D eigenvalue weighted by Gasteiger charge is 2.26. The molecule has 1 aromatic carbocycles. The quantitative estimate of drug-likeness (QED) is 0.754. The van der Waals surface area contributed by atoms with Crippen LogP contribution in [0.25, 0.3) is 11.0 Å². The van der Waals surface area contributed by atoms with Crippen LogP contribution in [0.4, 0.5) is 0 Å². The minimum Gasteiger partial charge on any atom is -0.335 e. The minimum absolute atomic E-state index is 0.0200. The van der Waals surface area contributed by atoms with Crippen LogP contribution >= 0.6 is 11.6 Å². The number of hydrogen-bond donors (Lipinski definition) is 1. The molecule has 1 aliphatic rings. The molecule has 4 rings (SSSR count). The van der Waals surface area contributed by atoms with Gasteiger partial charge in [-0.15, -0.1) is 0 Å². The molecule has 0 aliphatic carbocycles. The van der Waals surface area contributed by atoms with Crippen molar-refractivity contribution >= 4 is 28.5 Å². The third kappa shape index (κ3) is 3.42. The Labute approximate surface area is 163 Å². The highest BCUT2D eigenvalue weighted by atomic mass is 35.5. The van der Waals surface area contributed by atoms with Gasteiger partial charge in [0, 0.05) is 42.6 Å². The van der Waals surface area contributed by atoms with Gasteiger partial charge in [-0.3, -0.25) is 4.79 Å². The van der Waals surface area contributed by atoms with Crippen molar-refractivity contribution in [1.82, 2.24) is 25.0 Å². The zero-order valence-corrected chi connectivity index (χ0v) is 16.2. The fourth-order valence-electron chi connectivity index (χ4n) is 3.57. The number of carbonyl (C=O) groups excluding carboxylic acids is 1. The number of fused-ring (bicyclic) bond motifs is 1. The number of carbonyl (C=O) groups is 1. The van der Waals surface area contributed by atoms with E-state index in [4.69, 9.17) is 11.6 Å². The number of pyridine rings is 1. The molecule has 0 saturated carbocycles. The molecule has 1 unspecified atom stereocenters. The van der Waals surface area contributed by atoms with Crippen molar-refractivity contribution in [3.8, 4) is 0 Å². The number of amides is 1. The van der Waals surface area contributed by atoms with Crippen LogP contribution in [-0.4, -0.2) is 45.2 Å². The highest BCUT2D eigenvalue weighted by Crippen LogP contribution is 2.23. The lowest BCUT2D eigenvalue weighted by Gasteiger charge is -2.34. The maximum Gasteiger partial charge on any atom is 0.255 e. The van der Waals surface area contributed by atoms with Gasteiger partial charge in [0.1, 0.15) is 0 Å². The van der Waals surface area contributed by atoms with Crippen molar-refractivity contribution in [2.75, 3.05) is 19.6 Å².